The molecule has 0 spiro atoms. The summed E-state index contributed by atoms with van der Waals surface area (Å²) in [6, 6.07) is 7.84. The van der Waals surface area contributed by atoms with Crippen molar-refractivity contribution in [1.29, 1.82) is 0 Å². The largest absolute Gasteiger partial charge is 0.376 e. The maximum Gasteiger partial charge on any atom is 0.254 e. The Morgan fingerprint density at radius 1 is 1.38 bits per heavy atom. The molecule has 1 aromatic heterocycles. The van der Waals surface area contributed by atoms with Crippen LogP contribution in [0.2, 0.25) is 0 Å². The summed E-state index contributed by atoms with van der Waals surface area (Å²) in [4.78, 5) is 17.7. The molecule has 0 bridgehead atoms. The second-order valence-corrected chi connectivity index (χ2v) is 5.61. The predicted molar refractivity (Wildman–Crippen MR) is 83.5 cm³/mol. The number of aromatic nitrogens is 1. The van der Waals surface area contributed by atoms with Gasteiger partial charge in [0.05, 0.1) is 6.10 Å². The number of ether oxygens (including phenoxy) is 1. The first-order chi connectivity index (χ1) is 10.3. The number of aromatic amines is 1. The van der Waals surface area contributed by atoms with Crippen LogP contribution >= 0.6 is 0 Å². The summed E-state index contributed by atoms with van der Waals surface area (Å²) in [6.07, 6.45) is 5.48. The summed E-state index contributed by atoms with van der Waals surface area (Å²) in [5, 5.41) is 1.13. The number of fused-ring (bicyclic) bond motifs is 1. The third kappa shape index (κ3) is 3.10. The van der Waals surface area contributed by atoms with Crippen LogP contribution in [0.15, 0.2) is 30.5 Å². The third-order valence-corrected chi connectivity index (χ3v) is 4.17. The number of likely N-dealkylation sites (N-methyl/N-ethyl adjacent to an activating group) is 1. The molecular formula is C17H22N2O2. The van der Waals surface area contributed by atoms with Crippen molar-refractivity contribution in [3.05, 3.63) is 36.0 Å². The molecule has 0 unspecified atom stereocenters. The molecular weight excluding hydrogens is 264 g/mol. The molecule has 1 aliphatic heterocycles. The summed E-state index contributed by atoms with van der Waals surface area (Å²) >= 11 is 0. The monoisotopic (exact) mass is 286 g/mol. The van der Waals surface area contributed by atoms with E-state index in [0.717, 1.165) is 35.9 Å². The Bertz CT molecular complexity index is 614. The Labute approximate surface area is 125 Å². The first-order valence-corrected chi connectivity index (χ1v) is 7.76. The van der Waals surface area contributed by atoms with Crippen molar-refractivity contribution in [3.8, 4) is 0 Å². The maximum absolute atomic E-state index is 12.7. The van der Waals surface area contributed by atoms with Crippen molar-refractivity contribution in [1.82, 2.24) is 9.88 Å². The highest BCUT2D eigenvalue weighted by molar-refractivity contribution is 5.97. The van der Waals surface area contributed by atoms with E-state index in [1.165, 1.54) is 6.42 Å². The van der Waals surface area contributed by atoms with Crippen molar-refractivity contribution < 1.29 is 9.53 Å². The van der Waals surface area contributed by atoms with Crippen molar-refractivity contribution >= 4 is 16.8 Å². The lowest BCUT2D eigenvalue weighted by Gasteiger charge is -2.29. The van der Waals surface area contributed by atoms with E-state index in [1.807, 2.05) is 42.3 Å². The summed E-state index contributed by atoms with van der Waals surface area (Å²) < 4.78 is 5.75. The fourth-order valence-electron chi connectivity index (χ4n) is 2.92. The number of carbonyl (C=O) groups excluding carboxylic acids is 1. The van der Waals surface area contributed by atoms with Crippen molar-refractivity contribution in [2.75, 3.05) is 19.7 Å². The molecule has 1 atom stereocenters. The van der Waals surface area contributed by atoms with E-state index in [9.17, 15) is 4.79 Å². The predicted octanol–water partition coefficient (Wildman–Crippen LogP) is 3.20. The van der Waals surface area contributed by atoms with Crippen LogP contribution in [0.1, 0.15) is 36.5 Å². The lowest BCUT2D eigenvalue weighted by atomic mass is 10.1. The fraction of sp³-hybridized carbons (Fsp3) is 0.471. The van der Waals surface area contributed by atoms with Crippen LogP contribution in [0.4, 0.5) is 0 Å². The van der Waals surface area contributed by atoms with Gasteiger partial charge in [0.1, 0.15) is 0 Å². The van der Waals surface area contributed by atoms with Crippen LogP contribution in [0, 0.1) is 0 Å². The van der Waals surface area contributed by atoms with Gasteiger partial charge in [-0.2, -0.15) is 0 Å². The number of rotatable bonds is 4. The second kappa shape index (κ2) is 6.31. The van der Waals surface area contributed by atoms with Gasteiger partial charge in [-0.1, -0.05) is 6.07 Å². The molecule has 1 saturated heterocycles. The normalized spacial score (nSPS) is 18.8. The maximum atomic E-state index is 12.7. The van der Waals surface area contributed by atoms with Crippen molar-refractivity contribution in [2.45, 2.75) is 32.3 Å². The molecule has 21 heavy (non-hydrogen) atoms. The fourth-order valence-corrected chi connectivity index (χ4v) is 2.92. The van der Waals surface area contributed by atoms with Crippen molar-refractivity contribution in [2.24, 2.45) is 0 Å². The van der Waals surface area contributed by atoms with Gasteiger partial charge in [0.25, 0.3) is 5.91 Å². The van der Waals surface area contributed by atoms with Crippen LogP contribution in [0.5, 0.6) is 0 Å². The number of hydrogen-bond acceptors (Lipinski definition) is 2. The van der Waals surface area contributed by atoms with Crippen molar-refractivity contribution in [3.63, 3.8) is 0 Å². The highest BCUT2D eigenvalue weighted by Crippen LogP contribution is 2.18. The highest BCUT2D eigenvalue weighted by atomic mass is 16.5. The van der Waals surface area contributed by atoms with Crippen LogP contribution in [-0.2, 0) is 4.74 Å². The Kier molecular flexibility index (Phi) is 4.25. The molecule has 1 fully saturated rings. The number of amides is 1. The number of carbonyl (C=O) groups is 1. The van der Waals surface area contributed by atoms with E-state index in [4.69, 9.17) is 4.74 Å². The molecule has 112 valence electrons. The third-order valence-electron chi connectivity index (χ3n) is 4.17. The number of H-pyrrole nitrogens is 1. The lowest BCUT2D eigenvalue weighted by molar-refractivity contribution is -0.00311. The summed E-state index contributed by atoms with van der Waals surface area (Å²) in [7, 11) is 0. The average molecular weight is 286 g/mol. The Morgan fingerprint density at radius 3 is 3.05 bits per heavy atom. The number of benzene rings is 1. The zero-order valence-corrected chi connectivity index (χ0v) is 12.5. The summed E-state index contributed by atoms with van der Waals surface area (Å²) in [5.74, 6) is 0.0863. The lowest BCUT2D eigenvalue weighted by Crippen LogP contribution is -2.39. The zero-order chi connectivity index (χ0) is 14.7. The van der Waals surface area contributed by atoms with Gasteiger partial charge >= 0.3 is 0 Å². The Morgan fingerprint density at radius 2 is 2.29 bits per heavy atom. The zero-order valence-electron chi connectivity index (χ0n) is 12.5. The Hall–Kier alpha value is -1.81. The van der Waals surface area contributed by atoms with Gasteiger partial charge in [-0.3, -0.25) is 4.79 Å². The van der Waals surface area contributed by atoms with E-state index >= 15 is 0 Å². The standard InChI is InChI=1S/C17H22N2O2/c1-2-19(12-15-5-3-4-10-21-15)17(20)14-7-6-13-8-9-18-16(13)11-14/h6-9,11,15,18H,2-5,10,12H2,1H3/t15-/m0/s1. The molecule has 1 N–H and O–H groups in total. The minimum absolute atomic E-state index is 0.0863. The topological polar surface area (TPSA) is 45.3 Å². The molecule has 2 aromatic rings. The summed E-state index contributed by atoms with van der Waals surface area (Å²) in [5.41, 5.74) is 1.74. The smallest absolute Gasteiger partial charge is 0.254 e. The summed E-state index contributed by atoms with van der Waals surface area (Å²) in [6.45, 7) is 4.25. The molecule has 4 heteroatoms. The van der Waals surface area contributed by atoms with Crippen LogP contribution in [0.3, 0.4) is 0 Å². The SMILES string of the molecule is CCN(C[C@@H]1CCCCO1)C(=O)c1ccc2cc[nH]c2c1. The van der Waals surface area contributed by atoms with Gasteiger partial charge in [0.2, 0.25) is 0 Å². The van der Waals surface area contributed by atoms with Gasteiger partial charge in [-0.05, 0) is 49.8 Å². The average Bonchev–Trinajstić information content (AvgIpc) is 3.00. The van der Waals surface area contributed by atoms with E-state index in [0.29, 0.717) is 13.1 Å². The molecule has 1 aromatic carbocycles. The minimum atomic E-state index is 0.0863. The van der Waals surface area contributed by atoms with Gasteiger partial charge in [0, 0.05) is 37.0 Å². The molecule has 0 saturated carbocycles. The van der Waals surface area contributed by atoms with Crippen LogP contribution < -0.4 is 0 Å². The number of nitrogens with one attached hydrogen (secondary N) is 1. The van der Waals surface area contributed by atoms with E-state index in [2.05, 4.69) is 4.98 Å². The first-order valence-electron chi connectivity index (χ1n) is 7.76. The molecule has 1 amide bonds. The Balaban J connectivity index is 1.74. The number of nitrogens with zero attached hydrogens (tertiary/aromatic N) is 1. The molecule has 0 aliphatic carbocycles. The number of hydrogen-bond donors (Lipinski definition) is 1. The quantitative estimate of drug-likeness (QED) is 0.938. The van der Waals surface area contributed by atoms with Crippen LogP contribution in [-0.4, -0.2) is 41.6 Å². The van der Waals surface area contributed by atoms with Gasteiger partial charge in [0.15, 0.2) is 0 Å². The van der Waals surface area contributed by atoms with Gasteiger partial charge in [-0.25, -0.2) is 0 Å². The van der Waals surface area contributed by atoms with E-state index in [1.54, 1.807) is 0 Å². The first kappa shape index (κ1) is 14.1. The molecule has 2 heterocycles. The van der Waals surface area contributed by atoms with Gasteiger partial charge < -0.3 is 14.6 Å². The van der Waals surface area contributed by atoms with Crippen LogP contribution in [0.25, 0.3) is 10.9 Å². The molecule has 0 radical (unpaired) electrons. The second-order valence-electron chi connectivity index (χ2n) is 5.61. The molecule has 3 rings (SSSR count). The minimum Gasteiger partial charge on any atom is -0.376 e. The van der Waals surface area contributed by atoms with E-state index in [-0.39, 0.29) is 12.0 Å². The highest BCUT2D eigenvalue weighted by Gasteiger charge is 2.21. The molecule has 4 nitrogen and oxygen atoms in total. The molecule has 1 aliphatic rings. The van der Waals surface area contributed by atoms with E-state index < -0.39 is 0 Å². The van der Waals surface area contributed by atoms with Gasteiger partial charge in [-0.15, -0.1) is 0 Å².